The number of hydrogen-bond acceptors (Lipinski definition) is 4. The van der Waals surface area contributed by atoms with E-state index in [1.165, 1.54) is 11.3 Å². The highest BCUT2D eigenvalue weighted by atomic mass is 35.5. The molecule has 24 heavy (non-hydrogen) atoms. The molecule has 3 heterocycles. The van der Waals surface area contributed by atoms with Gasteiger partial charge in [0.15, 0.2) is 5.69 Å². The minimum absolute atomic E-state index is 0. The van der Waals surface area contributed by atoms with Crippen LogP contribution in [0.3, 0.4) is 0 Å². The first-order valence-electron chi connectivity index (χ1n) is 7.37. The Balaban J connectivity index is 0.00000208. The monoisotopic (exact) mass is 361 g/mol. The van der Waals surface area contributed by atoms with Gasteiger partial charge in [-0.15, -0.1) is 0 Å². The maximum absolute atomic E-state index is 12.5. The summed E-state index contributed by atoms with van der Waals surface area (Å²) in [6.45, 7) is 4.14. The number of pyridine rings is 1. The molecule has 5 nitrogen and oxygen atoms in total. The lowest BCUT2D eigenvalue weighted by atomic mass is 10.2. The number of ether oxygens (including phenoxy) is 1. The number of nitrogens with zero attached hydrogens (tertiary/aromatic N) is 2. The number of fused-ring (bicyclic) bond motifs is 3. The highest BCUT2D eigenvalue weighted by Crippen LogP contribution is 2.30. The Bertz CT molecular complexity index is 1030. The summed E-state index contributed by atoms with van der Waals surface area (Å²) in [5.74, 6) is -0.383. The highest BCUT2D eigenvalue weighted by molar-refractivity contribution is 7.16. The van der Waals surface area contributed by atoms with Crippen molar-refractivity contribution in [3.05, 3.63) is 45.9 Å². The zero-order chi connectivity index (χ0) is 16.6. The Morgan fingerprint density at radius 1 is 1.42 bits per heavy atom. The summed E-state index contributed by atoms with van der Waals surface area (Å²) < 4.78 is 8.20. The van der Waals surface area contributed by atoms with Crippen molar-refractivity contribution in [2.24, 2.45) is 0 Å². The second-order valence-electron chi connectivity index (χ2n) is 5.09. The van der Waals surface area contributed by atoms with Crippen LogP contribution in [0.15, 0.2) is 24.4 Å². The fraction of sp³-hybridized carbons (Fsp3) is 0.235. The number of nitrogens with two attached hydrogens (primary N) is 1. The van der Waals surface area contributed by atoms with E-state index in [1.54, 1.807) is 13.0 Å². The lowest BCUT2D eigenvalue weighted by Crippen LogP contribution is -3.00. The Morgan fingerprint density at radius 2 is 2.17 bits per heavy atom. The molecule has 0 saturated heterocycles. The largest absolute Gasteiger partial charge is 1.00 e. The van der Waals surface area contributed by atoms with Crippen molar-refractivity contribution in [3.8, 4) is 6.07 Å². The summed E-state index contributed by atoms with van der Waals surface area (Å²) in [6.07, 6.45) is 2.80. The SMILES string of the molecule is CCOC(=O)c1c2sc(=[NH2+])c(C#N)cc2c2ccc(CC)cn12.[Cl-]. The predicted octanol–water partition coefficient (Wildman–Crippen LogP) is -1.57. The molecule has 124 valence electrons. The molecule has 0 saturated carbocycles. The third-order valence-electron chi connectivity index (χ3n) is 3.75. The minimum atomic E-state index is -0.383. The Kier molecular flexibility index (Phi) is 5.27. The Morgan fingerprint density at radius 3 is 2.79 bits per heavy atom. The molecule has 7 heteroatoms. The maximum Gasteiger partial charge on any atom is 0.356 e. The Hall–Kier alpha value is -2.36. The van der Waals surface area contributed by atoms with Crippen molar-refractivity contribution in [2.75, 3.05) is 6.61 Å². The summed E-state index contributed by atoms with van der Waals surface area (Å²) in [4.78, 5) is 12.5. The molecule has 0 aliphatic heterocycles. The van der Waals surface area contributed by atoms with E-state index in [-0.39, 0.29) is 18.4 Å². The van der Waals surface area contributed by atoms with Gasteiger partial charge < -0.3 is 21.5 Å². The van der Waals surface area contributed by atoms with Crippen molar-refractivity contribution in [3.63, 3.8) is 0 Å². The van der Waals surface area contributed by atoms with Crippen LogP contribution in [-0.4, -0.2) is 17.0 Å². The number of aromatic nitrogens is 1. The van der Waals surface area contributed by atoms with Gasteiger partial charge in [0.2, 0.25) is 0 Å². The third kappa shape index (κ3) is 2.77. The molecule has 0 aliphatic rings. The predicted molar refractivity (Wildman–Crippen MR) is 87.9 cm³/mol. The minimum Gasteiger partial charge on any atom is -1.00 e. The second-order valence-corrected chi connectivity index (χ2v) is 6.15. The Labute approximate surface area is 149 Å². The summed E-state index contributed by atoms with van der Waals surface area (Å²) >= 11 is 1.25. The molecular weight excluding hydrogens is 346 g/mol. The van der Waals surface area contributed by atoms with Crippen molar-refractivity contribution in [2.45, 2.75) is 20.3 Å². The number of aryl methyl sites for hydroxylation is 1. The fourth-order valence-electron chi connectivity index (χ4n) is 2.61. The van der Waals surface area contributed by atoms with Gasteiger partial charge in [0, 0.05) is 11.6 Å². The molecule has 0 aromatic carbocycles. The molecule has 0 fully saturated rings. The molecule has 0 unspecified atom stereocenters. The summed E-state index contributed by atoms with van der Waals surface area (Å²) in [5.41, 5.74) is 2.87. The van der Waals surface area contributed by atoms with Crippen LogP contribution in [0, 0.1) is 11.3 Å². The number of esters is 1. The first-order chi connectivity index (χ1) is 11.1. The molecule has 3 aromatic heterocycles. The average molecular weight is 362 g/mol. The van der Waals surface area contributed by atoms with Crippen LogP contribution in [-0.2, 0) is 11.2 Å². The molecule has 0 amide bonds. The number of carbonyl (C=O) groups is 1. The van der Waals surface area contributed by atoms with Gasteiger partial charge in [-0.25, -0.2) is 10.2 Å². The lowest BCUT2D eigenvalue weighted by molar-refractivity contribution is -0.167. The first-order valence-corrected chi connectivity index (χ1v) is 8.18. The molecule has 0 atom stereocenters. The van der Waals surface area contributed by atoms with E-state index in [1.807, 2.05) is 22.7 Å². The van der Waals surface area contributed by atoms with Gasteiger partial charge in [0.25, 0.3) is 4.67 Å². The van der Waals surface area contributed by atoms with Crippen molar-refractivity contribution in [1.29, 1.82) is 5.26 Å². The van der Waals surface area contributed by atoms with Crippen LogP contribution in [0.4, 0.5) is 0 Å². The van der Waals surface area contributed by atoms with Gasteiger partial charge in [0.1, 0.15) is 11.6 Å². The highest BCUT2D eigenvalue weighted by Gasteiger charge is 2.22. The van der Waals surface area contributed by atoms with Crippen molar-refractivity contribution in [1.82, 2.24) is 4.40 Å². The molecule has 0 radical (unpaired) electrons. The van der Waals surface area contributed by atoms with Crippen molar-refractivity contribution >= 4 is 32.9 Å². The fourth-order valence-corrected chi connectivity index (χ4v) is 3.60. The number of carbonyl (C=O) groups excluding carboxylic acids is 1. The van der Waals surface area contributed by atoms with Crippen LogP contribution in [0.25, 0.3) is 15.6 Å². The van der Waals surface area contributed by atoms with Crippen LogP contribution < -0.4 is 22.5 Å². The topological polar surface area (TPSA) is 80.1 Å². The van der Waals surface area contributed by atoms with Gasteiger partial charge >= 0.3 is 5.97 Å². The van der Waals surface area contributed by atoms with E-state index in [4.69, 9.17) is 10.1 Å². The van der Waals surface area contributed by atoms with Gasteiger partial charge in [-0.1, -0.05) is 24.3 Å². The number of hydrogen-bond donors (Lipinski definition) is 1. The first kappa shape index (κ1) is 18.0. The lowest BCUT2D eigenvalue weighted by Gasteiger charge is -2.04. The standard InChI is InChI=1S/C17H15N3O2S.ClH/c1-3-10-5-6-13-12-7-11(8-18)16(19)23-15(12)14(20(13)9-10)17(21)22-4-2;/h5-7,9,19H,3-4H2,1-2H3;1H. The summed E-state index contributed by atoms with van der Waals surface area (Å²) in [6, 6.07) is 7.83. The molecule has 2 N–H and O–H groups in total. The quantitative estimate of drug-likeness (QED) is 0.572. The van der Waals surface area contributed by atoms with Crippen molar-refractivity contribution < 1.29 is 27.3 Å². The molecule has 3 aromatic rings. The zero-order valence-electron chi connectivity index (χ0n) is 13.3. The van der Waals surface area contributed by atoms with E-state index in [9.17, 15) is 10.1 Å². The van der Waals surface area contributed by atoms with Gasteiger partial charge in [-0.05, 0) is 31.0 Å². The zero-order valence-corrected chi connectivity index (χ0v) is 14.9. The summed E-state index contributed by atoms with van der Waals surface area (Å²) in [7, 11) is 0. The maximum atomic E-state index is 12.5. The second kappa shape index (κ2) is 7.04. The van der Waals surface area contributed by atoms with E-state index in [2.05, 4.69) is 13.0 Å². The van der Waals surface area contributed by atoms with Crippen LogP contribution in [0.1, 0.15) is 35.5 Å². The number of rotatable bonds is 3. The molecule has 0 bridgehead atoms. The van der Waals surface area contributed by atoms with Crippen LogP contribution >= 0.6 is 11.3 Å². The summed E-state index contributed by atoms with van der Waals surface area (Å²) in [5, 5.41) is 16.0. The molecular formula is C17H16ClN3O2S. The van der Waals surface area contributed by atoms with Gasteiger partial charge in [-0.3, -0.25) is 0 Å². The smallest absolute Gasteiger partial charge is 0.356 e. The third-order valence-corrected chi connectivity index (χ3v) is 4.81. The molecule has 3 rings (SSSR count). The van der Waals surface area contributed by atoms with E-state index < -0.39 is 0 Å². The van der Waals surface area contributed by atoms with E-state index in [0.29, 0.717) is 22.5 Å². The number of halogens is 1. The van der Waals surface area contributed by atoms with Gasteiger partial charge in [0.05, 0.1) is 16.8 Å². The number of nitriles is 1. The average Bonchev–Trinajstić information content (AvgIpc) is 2.86. The molecule has 0 spiro atoms. The van der Waals surface area contributed by atoms with E-state index >= 15 is 0 Å². The van der Waals surface area contributed by atoms with Crippen LogP contribution in [0.2, 0.25) is 0 Å². The van der Waals surface area contributed by atoms with Gasteiger partial charge in [-0.2, -0.15) is 5.26 Å². The molecule has 0 aliphatic carbocycles. The normalized spacial score (nSPS) is 10.4. The van der Waals surface area contributed by atoms with Crippen LogP contribution in [0.5, 0.6) is 0 Å². The van der Waals surface area contributed by atoms with E-state index in [0.717, 1.165) is 27.6 Å².